The molecule has 1 aromatic carbocycles. The van der Waals surface area contributed by atoms with E-state index in [9.17, 15) is 0 Å². The number of benzene rings is 1. The van der Waals surface area contributed by atoms with E-state index < -0.39 is 0 Å². The van der Waals surface area contributed by atoms with Gasteiger partial charge in [0.1, 0.15) is 5.75 Å². The summed E-state index contributed by atoms with van der Waals surface area (Å²) in [4.78, 5) is 0. The molecule has 14 heavy (non-hydrogen) atoms. The second kappa shape index (κ2) is 4.13. The van der Waals surface area contributed by atoms with Gasteiger partial charge in [0.25, 0.3) is 0 Å². The fourth-order valence-corrected chi connectivity index (χ4v) is 2.86. The standard InChI is InChI=1S/C11H15NOS/c1-8-6-10(7-14-8)12-9-2-4-11(13)5-3-9/h2-5,8,10,12-13H,6-7H2,1H3. The number of phenolic OH excluding ortho intramolecular Hbond substituents is 1. The van der Waals surface area contributed by atoms with E-state index in [1.807, 2.05) is 23.9 Å². The Morgan fingerprint density at radius 2 is 2.07 bits per heavy atom. The maximum absolute atomic E-state index is 9.13. The highest BCUT2D eigenvalue weighted by molar-refractivity contribution is 8.00. The minimum Gasteiger partial charge on any atom is -0.508 e. The van der Waals surface area contributed by atoms with E-state index in [4.69, 9.17) is 5.11 Å². The first-order valence-corrected chi connectivity index (χ1v) is 5.96. The molecule has 2 rings (SSSR count). The van der Waals surface area contributed by atoms with Crippen molar-refractivity contribution in [1.82, 2.24) is 0 Å². The summed E-state index contributed by atoms with van der Waals surface area (Å²) in [6.07, 6.45) is 1.23. The molecule has 1 aromatic rings. The lowest BCUT2D eigenvalue weighted by molar-refractivity contribution is 0.475. The van der Waals surface area contributed by atoms with Gasteiger partial charge in [0, 0.05) is 22.7 Å². The van der Waals surface area contributed by atoms with Crippen LogP contribution in [0.15, 0.2) is 24.3 Å². The van der Waals surface area contributed by atoms with E-state index in [1.54, 1.807) is 12.1 Å². The topological polar surface area (TPSA) is 32.3 Å². The molecule has 1 aliphatic rings. The molecular formula is C11H15NOS. The van der Waals surface area contributed by atoms with Gasteiger partial charge in [0.2, 0.25) is 0 Å². The highest BCUT2D eigenvalue weighted by atomic mass is 32.2. The number of rotatable bonds is 2. The van der Waals surface area contributed by atoms with Crippen LogP contribution in [0.25, 0.3) is 0 Å². The van der Waals surface area contributed by atoms with Crippen LogP contribution in [-0.2, 0) is 0 Å². The van der Waals surface area contributed by atoms with Crippen LogP contribution in [-0.4, -0.2) is 22.2 Å². The highest BCUT2D eigenvalue weighted by Crippen LogP contribution is 2.28. The Morgan fingerprint density at radius 1 is 1.36 bits per heavy atom. The van der Waals surface area contributed by atoms with Gasteiger partial charge in [-0.2, -0.15) is 11.8 Å². The zero-order chi connectivity index (χ0) is 9.97. The summed E-state index contributed by atoms with van der Waals surface area (Å²) in [5.74, 6) is 1.51. The van der Waals surface area contributed by atoms with E-state index in [1.165, 1.54) is 12.2 Å². The van der Waals surface area contributed by atoms with Crippen LogP contribution in [0.4, 0.5) is 5.69 Å². The molecule has 2 N–H and O–H groups in total. The van der Waals surface area contributed by atoms with E-state index in [2.05, 4.69) is 12.2 Å². The zero-order valence-electron chi connectivity index (χ0n) is 8.23. The molecule has 3 heteroatoms. The molecule has 0 aliphatic carbocycles. The summed E-state index contributed by atoms with van der Waals surface area (Å²) in [5.41, 5.74) is 1.10. The third-order valence-corrected chi connectivity index (χ3v) is 3.79. The predicted octanol–water partition coefficient (Wildman–Crippen LogP) is 2.70. The highest BCUT2D eigenvalue weighted by Gasteiger charge is 2.21. The van der Waals surface area contributed by atoms with Gasteiger partial charge >= 0.3 is 0 Å². The predicted molar refractivity (Wildman–Crippen MR) is 62.1 cm³/mol. The number of anilines is 1. The molecular weight excluding hydrogens is 194 g/mol. The van der Waals surface area contributed by atoms with Crippen molar-refractivity contribution in [3.8, 4) is 5.75 Å². The molecule has 0 spiro atoms. The molecule has 1 fully saturated rings. The van der Waals surface area contributed by atoms with Crippen LogP contribution >= 0.6 is 11.8 Å². The average molecular weight is 209 g/mol. The van der Waals surface area contributed by atoms with Crippen LogP contribution in [0.3, 0.4) is 0 Å². The Morgan fingerprint density at radius 3 is 2.64 bits per heavy atom. The monoisotopic (exact) mass is 209 g/mol. The van der Waals surface area contributed by atoms with Gasteiger partial charge in [0.05, 0.1) is 0 Å². The van der Waals surface area contributed by atoms with E-state index in [0.717, 1.165) is 10.9 Å². The smallest absolute Gasteiger partial charge is 0.115 e. The first-order chi connectivity index (χ1) is 6.74. The third-order valence-electron chi connectivity index (χ3n) is 2.44. The molecule has 1 heterocycles. The number of aromatic hydroxyl groups is 1. The molecule has 2 atom stereocenters. The fraction of sp³-hybridized carbons (Fsp3) is 0.455. The lowest BCUT2D eigenvalue weighted by Gasteiger charge is -2.12. The van der Waals surface area contributed by atoms with Gasteiger partial charge in [-0.1, -0.05) is 6.92 Å². The quantitative estimate of drug-likeness (QED) is 0.734. The normalized spacial score (nSPS) is 26.4. The molecule has 1 saturated heterocycles. The van der Waals surface area contributed by atoms with E-state index in [-0.39, 0.29) is 0 Å². The van der Waals surface area contributed by atoms with Crippen molar-refractivity contribution in [2.24, 2.45) is 0 Å². The van der Waals surface area contributed by atoms with Crippen LogP contribution < -0.4 is 5.32 Å². The summed E-state index contributed by atoms with van der Waals surface area (Å²) in [5, 5.41) is 13.4. The lowest BCUT2D eigenvalue weighted by Crippen LogP contribution is -2.18. The Labute approximate surface area is 88.7 Å². The Hall–Kier alpha value is -0.830. The summed E-state index contributed by atoms with van der Waals surface area (Å²) >= 11 is 2.02. The van der Waals surface area contributed by atoms with Crippen molar-refractivity contribution in [3.63, 3.8) is 0 Å². The SMILES string of the molecule is CC1CC(Nc2ccc(O)cc2)CS1. The summed E-state index contributed by atoms with van der Waals surface area (Å²) in [6, 6.07) is 7.85. The van der Waals surface area contributed by atoms with Crippen molar-refractivity contribution >= 4 is 17.4 Å². The van der Waals surface area contributed by atoms with E-state index in [0.29, 0.717) is 11.8 Å². The number of hydrogen-bond donors (Lipinski definition) is 2. The van der Waals surface area contributed by atoms with Gasteiger partial charge < -0.3 is 10.4 Å². The summed E-state index contributed by atoms with van der Waals surface area (Å²) < 4.78 is 0. The van der Waals surface area contributed by atoms with Gasteiger partial charge in [-0.15, -0.1) is 0 Å². The number of phenols is 1. The Balaban J connectivity index is 1.94. The maximum atomic E-state index is 9.13. The molecule has 2 unspecified atom stereocenters. The minimum absolute atomic E-state index is 0.324. The minimum atomic E-state index is 0.324. The fourth-order valence-electron chi connectivity index (χ4n) is 1.71. The Bertz CT molecular complexity index is 299. The second-order valence-corrected chi connectivity index (χ2v) is 5.24. The largest absolute Gasteiger partial charge is 0.508 e. The zero-order valence-corrected chi connectivity index (χ0v) is 9.05. The number of hydrogen-bond acceptors (Lipinski definition) is 3. The molecule has 2 nitrogen and oxygen atoms in total. The van der Waals surface area contributed by atoms with Gasteiger partial charge in [-0.25, -0.2) is 0 Å². The van der Waals surface area contributed by atoms with Crippen LogP contribution in [0.5, 0.6) is 5.75 Å². The average Bonchev–Trinajstić information content (AvgIpc) is 2.56. The number of thioether (sulfide) groups is 1. The third kappa shape index (κ3) is 2.35. The van der Waals surface area contributed by atoms with Gasteiger partial charge in [-0.3, -0.25) is 0 Å². The first kappa shape index (κ1) is 9.71. The lowest BCUT2D eigenvalue weighted by atomic mass is 10.2. The second-order valence-electron chi connectivity index (χ2n) is 3.77. The molecule has 0 aromatic heterocycles. The molecule has 0 bridgehead atoms. The van der Waals surface area contributed by atoms with Crippen molar-refractivity contribution in [2.75, 3.05) is 11.1 Å². The molecule has 1 aliphatic heterocycles. The van der Waals surface area contributed by atoms with Crippen LogP contribution in [0, 0.1) is 0 Å². The van der Waals surface area contributed by atoms with Crippen molar-refractivity contribution < 1.29 is 5.11 Å². The van der Waals surface area contributed by atoms with Crippen LogP contribution in [0.2, 0.25) is 0 Å². The first-order valence-electron chi connectivity index (χ1n) is 4.91. The van der Waals surface area contributed by atoms with Crippen molar-refractivity contribution in [1.29, 1.82) is 0 Å². The summed E-state index contributed by atoms with van der Waals surface area (Å²) in [7, 11) is 0. The molecule has 0 saturated carbocycles. The van der Waals surface area contributed by atoms with Crippen molar-refractivity contribution in [2.45, 2.75) is 24.6 Å². The van der Waals surface area contributed by atoms with E-state index >= 15 is 0 Å². The molecule has 0 amide bonds. The molecule has 0 radical (unpaired) electrons. The molecule has 76 valence electrons. The van der Waals surface area contributed by atoms with Crippen molar-refractivity contribution in [3.05, 3.63) is 24.3 Å². The number of nitrogens with one attached hydrogen (secondary N) is 1. The van der Waals surface area contributed by atoms with Crippen LogP contribution in [0.1, 0.15) is 13.3 Å². The Kier molecular flexibility index (Phi) is 2.87. The van der Waals surface area contributed by atoms with Gasteiger partial charge in [0.15, 0.2) is 0 Å². The van der Waals surface area contributed by atoms with Gasteiger partial charge in [-0.05, 0) is 30.7 Å². The summed E-state index contributed by atoms with van der Waals surface area (Å²) in [6.45, 7) is 2.27. The maximum Gasteiger partial charge on any atom is 0.115 e.